The molecule has 3 heteroatoms. The third-order valence-corrected chi connectivity index (χ3v) is 5.13. The Hall–Kier alpha value is -1.22. The molecular formula is C21H37NO2. The van der Waals surface area contributed by atoms with Crippen LogP contribution in [0.15, 0.2) is 18.2 Å². The van der Waals surface area contributed by atoms with Gasteiger partial charge in [-0.05, 0) is 63.6 Å². The molecule has 3 nitrogen and oxygen atoms in total. The van der Waals surface area contributed by atoms with E-state index in [2.05, 4.69) is 64.6 Å². The average Bonchev–Trinajstić information content (AvgIpc) is 3.01. The summed E-state index contributed by atoms with van der Waals surface area (Å²) in [5, 5.41) is 0. The van der Waals surface area contributed by atoms with Crippen LogP contribution in [0.2, 0.25) is 0 Å². The highest BCUT2D eigenvalue weighted by Crippen LogP contribution is 2.31. The molecule has 0 bridgehead atoms. The average molecular weight is 336 g/mol. The standard InChI is InChI=1S/C13H19NO.C8H18O/c1-3-15-13-9-11(2)8-12(10-13)14-6-4-5-7-14;1-7(2,3)8(4,5)9-6/h8-10H,3-7H2,1-2H3;1-6H3. The van der Waals surface area contributed by atoms with Crippen molar-refractivity contribution in [3.63, 3.8) is 0 Å². The lowest BCUT2D eigenvalue weighted by Crippen LogP contribution is -2.38. The second kappa shape index (κ2) is 8.75. The first-order valence-corrected chi connectivity index (χ1v) is 9.15. The molecule has 0 aromatic heterocycles. The van der Waals surface area contributed by atoms with Crippen LogP contribution in [0.5, 0.6) is 5.75 Å². The van der Waals surface area contributed by atoms with E-state index < -0.39 is 0 Å². The number of aryl methyl sites for hydroxylation is 1. The summed E-state index contributed by atoms with van der Waals surface area (Å²) in [5.41, 5.74) is 2.80. The second-order valence-corrected chi connectivity index (χ2v) is 8.10. The minimum Gasteiger partial charge on any atom is -0.494 e. The molecule has 0 spiro atoms. The van der Waals surface area contributed by atoms with Gasteiger partial charge in [-0.25, -0.2) is 0 Å². The maximum atomic E-state index is 5.56. The normalized spacial score (nSPS) is 15.1. The number of ether oxygens (including phenoxy) is 2. The maximum Gasteiger partial charge on any atom is 0.121 e. The topological polar surface area (TPSA) is 21.7 Å². The summed E-state index contributed by atoms with van der Waals surface area (Å²) < 4.78 is 10.9. The van der Waals surface area contributed by atoms with Gasteiger partial charge in [-0.1, -0.05) is 20.8 Å². The van der Waals surface area contributed by atoms with Gasteiger partial charge >= 0.3 is 0 Å². The number of benzene rings is 1. The van der Waals surface area contributed by atoms with Gasteiger partial charge in [-0.2, -0.15) is 0 Å². The quantitative estimate of drug-likeness (QED) is 0.730. The van der Waals surface area contributed by atoms with Gasteiger partial charge in [0, 0.05) is 32.0 Å². The Labute approximate surface area is 149 Å². The fourth-order valence-electron chi connectivity index (χ4n) is 2.44. The predicted molar refractivity (Wildman–Crippen MR) is 104 cm³/mol. The molecular weight excluding hydrogens is 298 g/mol. The smallest absolute Gasteiger partial charge is 0.121 e. The van der Waals surface area contributed by atoms with E-state index in [4.69, 9.17) is 9.47 Å². The molecule has 1 aliphatic rings. The minimum atomic E-state index is -0.0208. The molecule has 1 aliphatic heterocycles. The third-order valence-electron chi connectivity index (χ3n) is 5.13. The van der Waals surface area contributed by atoms with Crippen LogP contribution < -0.4 is 9.64 Å². The fraction of sp³-hybridized carbons (Fsp3) is 0.714. The number of rotatable bonds is 4. The van der Waals surface area contributed by atoms with Crippen LogP contribution in [0.3, 0.4) is 0 Å². The summed E-state index contributed by atoms with van der Waals surface area (Å²) >= 11 is 0. The first-order valence-electron chi connectivity index (χ1n) is 9.15. The highest BCUT2D eigenvalue weighted by atomic mass is 16.5. The Bertz CT molecular complexity index is 497. The lowest BCUT2D eigenvalue weighted by Gasteiger charge is -2.37. The number of hydrogen-bond donors (Lipinski definition) is 0. The van der Waals surface area contributed by atoms with Crippen molar-refractivity contribution >= 4 is 5.69 Å². The van der Waals surface area contributed by atoms with Crippen molar-refractivity contribution in [2.45, 2.75) is 66.9 Å². The van der Waals surface area contributed by atoms with E-state index in [0.717, 1.165) is 12.4 Å². The molecule has 1 saturated heterocycles. The summed E-state index contributed by atoms with van der Waals surface area (Å²) in [4.78, 5) is 2.44. The molecule has 24 heavy (non-hydrogen) atoms. The Morgan fingerprint density at radius 1 is 1.00 bits per heavy atom. The molecule has 1 fully saturated rings. The molecule has 0 aliphatic carbocycles. The van der Waals surface area contributed by atoms with E-state index in [9.17, 15) is 0 Å². The highest BCUT2D eigenvalue weighted by Gasteiger charge is 2.32. The monoisotopic (exact) mass is 335 g/mol. The van der Waals surface area contributed by atoms with Crippen molar-refractivity contribution in [2.24, 2.45) is 5.41 Å². The maximum absolute atomic E-state index is 5.56. The Balaban J connectivity index is 0.000000277. The van der Waals surface area contributed by atoms with Gasteiger partial charge in [0.15, 0.2) is 0 Å². The molecule has 1 heterocycles. The Morgan fingerprint density at radius 2 is 1.58 bits per heavy atom. The number of hydrogen-bond acceptors (Lipinski definition) is 3. The Morgan fingerprint density at radius 3 is 2.00 bits per heavy atom. The summed E-state index contributed by atoms with van der Waals surface area (Å²) in [6.45, 7) is 18.0. The largest absolute Gasteiger partial charge is 0.494 e. The fourth-order valence-corrected chi connectivity index (χ4v) is 2.44. The van der Waals surface area contributed by atoms with E-state index in [1.165, 1.54) is 37.2 Å². The van der Waals surface area contributed by atoms with Crippen molar-refractivity contribution in [1.29, 1.82) is 0 Å². The van der Waals surface area contributed by atoms with Crippen LogP contribution in [0.4, 0.5) is 5.69 Å². The van der Waals surface area contributed by atoms with E-state index in [1.54, 1.807) is 7.11 Å². The van der Waals surface area contributed by atoms with Crippen LogP contribution in [0, 0.1) is 12.3 Å². The molecule has 0 atom stereocenters. The van der Waals surface area contributed by atoms with Crippen molar-refractivity contribution in [3.8, 4) is 5.75 Å². The first kappa shape index (κ1) is 20.8. The van der Waals surface area contributed by atoms with Gasteiger partial charge in [0.1, 0.15) is 5.75 Å². The summed E-state index contributed by atoms with van der Waals surface area (Å²) in [7, 11) is 1.76. The molecule has 1 aromatic rings. The van der Waals surface area contributed by atoms with Gasteiger partial charge in [0.2, 0.25) is 0 Å². The lowest BCUT2D eigenvalue weighted by molar-refractivity contribution is -0.0620. The van der Waals surface area contributed by atoms with Gasteiger partial charge < -0.3 is 14.4 Å². The van der Waals surface area contributed by atoms with Gasteiger partial charge in [-0.15, -0.1) is 0 Å². The van der Waals surface area contributed by atoms with Crippen LogP contribution >= 0.6 is 0 Å². The van der Waals surface area contributed by atoms with Crippen LogP contribution in [0.25, 0.3) is 0 Å². The van der Waals surface area contributed by atoms with E-state index in [-0.39, 0.29) is 11.0 Å². The van der Waals surface area contributed by atoms with Crippen molar-refractivity contribution in [1.82, 2.24) is 0 Å². The molecule has 0 saturated carbocycles. The summed E-state index contributed by atoms with van der Waals surface area (Å²) in [5.74, 6) is 0.999. The highest BCUT2D eigenvalue weighted by molar-refractivity contribution is 5.53. The van der Waals surface area contributed by atoms with Crippen molar-refractivity contribution < 1.29 is 9.47 Å². The molecule has 0 unspecified atom stereocenters. The van der Waals surface area contributed by atoms with Crippen LogP contribution in [-0.4, -0.2) is 32.4 Å². The van der Waals surface area contributed by atoms with Gasteiger partial charge in [0.25, 0.3) is 0 Å². The second-order valence-electron chi connectivity index (χ2n) is 8.10. The molecule has 138 valence electrons. The first-order chi connectivity index (χ1) is 11.1. The van der Waals surface area contributed by atoms with Crippen LogP contribution in [-0.2, 0) is 4.74 Å². The van der Waals surface area contributed by atoms with E-state index >= 15 is 0 Å². The zero-order chi connectivity index (χ0) is 18.4. The number of nitrogens with zero attached hydrogens (tertiary/aromatic N) is 1. The summed E-state index contributed by atoms with van der Waals surface area (Å²) in [6.07, 6.45) is 2.63. The van der Waals surface area contributed by atoms with E-state index in [0.29, 0.717) is 0 Å². The Kier molecular flexibility index (Phi) is 7.59. The predicted octanol–water partition coefficient (Wildman–Crippen LogP) is 5.45. The summed E-state index contributed by atoms with van der Waals surface area (Å²) in [6, 6.07) is 6.50. The molecule has 0 amide bonds. The van der Waals surface area contributed by atoms with E-state index in [1.807, 2.05) is 6.92 Å². The zero-order valence-corrected chi connectivity index (χ0v) is 17.0. The molecule has 2 rings (SSSR count). The molecule has 0 radical (unpaired) electrons. The minimum absolute atomic E-state index is 0.0208. The molecule has 0 N–H and O–H groups in total. The lowest BCUT2D eigenvalue weighted by atomic mass is 9.79. The van der Waals surface area contributed by atoms with Crippen molar-refractivity contribution in [3.05, 3.63) is 23.8 Å². The number of methoxy groups -OCH3 is 1. The van der Waals surface area contributed by atoms with Gasteiger partial charge in [0.05, 0.1) is 12.2 Å². The SMILES string of the molecule is CCOc1cc(C)cc(N2CCCC2)c1.COC(C)(C)C(C)(C)C. The van der Waals surface area contributed by atoms with Crippen LogP contribution in [0.1, 0.15) is 59.9 Å². The molecule has 1 aromatic carbocycles. The third kappa shape index (κ3) is 6.01. The number of anilines is 1. The zero-order valence-electron chi connectivity index (χ0n) is 17.0. The van der Waals surface area contributed by atoms with Crippen molar-refractivity contribution in [2.75, 3.05) is 31.7 Å². The van der Waals surface area contributed by atoms with Gasteiger partial charge in [-0.3, -0.25) is 0 Å².